The number of hydrogen-bond acceptors (Lipinski definition) is 2. The average Bonchev–Trinajstić information content (AvgIpc) is 2.82. The summed E-state index contributed by atoms with van der Waals surface area (Å²) in [6.45, 7) is 8.00. The molecule has 0 aromatic carbocycles. The van der Waals surface area contributed by atoms with E-state index in [1.165, 1.54) is 0 Å². The standard InChI is InChI=1S/C8H6N3.2C2H6.Ga.H/c1-2-4-9-7(3-1)8-10-5-6-11-8;2*1-2;;/h1-6H;2*1-2H3;;/q-1;;;+1;. The number of rotatable bonds is 1. The van der Waals surface area contributed by atoms with Gasteiger partial charge in [-0.05, 0) is 0 Å². The fraction of sp³-hybridized carbons (Fsp3) is 0.333. The molecular weight excluding hydrogens is 256 g/mol. The van der Waals surface area contributed by atoms with Gasteiger partial charge in [-0.2, -0.15) is 0 Å². The molecule has 0 aliphatic rings. The Morgan fingerprint density at radius 1 is 1.00 bits per heavy atom. The van der Waals surface area contributed by atoms with Gasteiger partial charge in [0.2, 0.25) is 0 Å². The first kappa shape index (κ1) is 15.0. The SMILES string of the molecule is CC.CC.[GaH][n]1ccnc1-c1ccccn1. The minimum absolute atomic E-state index is 0.939. The molecule has 0 N–H and O–H groups in total. The number of aromatic nitrogens is 3. The monoisotopic (exact) mass is 274 g/mol. The van der Waals surface area contributed by atoms with E-state index in [-0.39, 0.29) is 0 Å². The van der Waals surface area contributed by atoms with Crippen LogP contribution in [0.1, 0.15) is 27.7 Å². The Balaban J connectivity index is 0.000000509. The van der Waals surface area contributed by atoms with E-state index in [1.54, 1.807) is 12.4 Å². The molecule has 2 aromatic rings. The molecule has 0 atom stereocenters. The molecule has 85 valence electrons. The van der Waals surface area contributed by atoms with Crippen LogP contribution in [0.25, 0.3) is 11.5 Å². The summed E-state index contributed by atoms with van der Waals surface area (Å²) >= 11 is 1.05. The third-order valence-electron chi connectivity index (χ3n) is 1.61. The molecule has 4 heteroatoms. The molecular formula is C12H19GaN3. The van der Waals surface area contributed by atoms with Gasteiger partial charge in [-0.3, -0.25) is 0 Å². The summed E-state index contributed by atoms with van der Waals surface area (Å²) in [7, 11) is 0. The molecule has 1 radical (unpaired) electrons. The summed E-state index contributed by atoms with van der Waals surface area (Å²) in [6, 6.07) is 5.84. The first-order valence-electron chi connectivity index (χ1n) is 5.63. The maximum atomic E-state index is 4.22. The van der Waals surface area contributed by atoms with E-state index in [2.05, 4.69) is 13.2 Å². The Bertz CT molecular complexity index is 371. The van der Waals surface area contributed by atoms with Crippen LogP contribution in [0.15, 0.2) is 36.8 Å². The van der Waals surface area contributed by atoms with Gasteiger partial charge in [0, 0.05) is 0 Å². The van der Waals surface area contributed by atoms with Gasteiger partial charge < -0.3 is 0 Å². The Labute approximate surface area is 108 Å². The van der Waals surface area contributed by atoms with E-state index in [1.807, 2.05) is 52.1 Å². The van der Waals surface area contributed by atoms with Crippen molar-refractivity contribution in [3.63, 3.8) is 0 Å². The third-order valence-corrected chi connectivity index (χ3v) is 2.68. The molecule has 0 aliphatic heterocycles. The molecule has 0 aliphatic carbocycles. The van der Waals surface area contributed by atoms with Crippen LogP contribution >= 0.6 is 0 Å². The van der Waals surface area contributed by atoms with E-state index in [9.17, 15) is 0 Å². The van der Waals surface area contributed by atoms with Crippen LogP contribution in [0.2, 0.25) is 0 Å². The first-order chi connectivity index (χ1) is 7.88. The minimum atomic E-state index is 0.939. The number of pyridine rings is 1. The van der Waals surface area contributed by atoms with Crippen LogP contribution in [0.3, 0.4) is 0 Å². The van der Waals surface area contributed by atoms with E-state index in [0.29, 0.717) is 0 Å². The van der Waals surface area contributed by atoms with Gasteiger partial charge >= 0.3 is 80.4 Å². The van der Waals surface area contributed by atoms with Crippen molar-refractivity contribution >= 4 is 18.8 Å². The Kier molecular flexibility index (Phi) is 8.66. The predicted molar refractivity (Wildman–Crippen MR) is 70.7 cm³/mol. The summed E-state index contributed by atoms with van der Waals surface area (Å²) in [5.41, 5.74) is 0.939. The fourth-order valence-electron chi connectivity index (χ4n) is 1.04. The quantitative estimate of drug-likeness (QED) is 0.749. The zero-order valence-corrected chi connectivity index (χ0v) is 13.5. The van der Waals surface area contributed by atoms with Gasteiger partial charge in [0.1, 0.15) is 0 Å². The maximum absolute atomic E-state index is 4.22. The Hall–Kier alpha value is -1.00. The summed E-state index contributed by atoms with van der Waals surface area (Å²) in [6.07, 6.45) is 5.54. The zero-order chi connectivity index (χ0) is 12.4. The molecule has 2 heterocycles. The van der Waals surface area contributed by atoms with Gasteiger partial charge in [0.25, 0.3) is 0 Å². The van der Waals surface area contributed by atoms with Crippen molar-refractivity contribution < 1.29 is 0 Å². The van der Waals surface area contributed by atoms with Crippen molar-refractivity contribution in [3.8, 4) is 11.5 Å². The van der Waals surface area contributed by atoms with E-state index >= 15 is 0 Å². The first-order valence-corrected chi connectivity index (χ1v) is 6.96. The van der Waals surface area contributed by atoms with Gasteiger partial charge in [0.15, 0.2) is 0 Å². The van der Waals surface area contributed by atoms with Gasteiger partial charge in [-0.25, -0.2) is 0 Å². The molecule has 0 saturated heterocycles. The fourth-order valence-corrected chi connectivity index (χ4v) is 1.75. The van der Waals surface area contributed by atoms with Gasteiger partial charge in [0.05, 0.1) is 0 Å². The average molecular weight is 275 g/mol. The third kappa shape index (κ3) is 4.24. The Morgan fingerprint density at radius 3 is 2.12 bits per heavy atom. The van der Waals surface area contributed by atoms with Crippen molar-refractivity contribution in [2.24, 2.45) is 0 Å². The van der Waals surface area contributed by atoms with Crippen molar-refractivity contribution in [1.29, 1.82) is 0 Å². The number of nitrogens with zero attached hydrogens (tertiary/aromatic N) is 3. The van der Waals surface area contributed by atoms with E-state index in [4.69, 9.17) is 0 Å². The molecule has 0 bridgehead atoms. The molecule has 2 aromatic heterocycles. The van der Waals surface area contributed by atoms with Gasteiger partial charge in [-0.15, -0.1) is 0 Å². The van der Waals surface area contributed by atoms with Gasteiger partial charge in [-0.1, -0.05) is 27.7 Å². The Morgan fingerprint density at radius 2 is 1.69 bits per heavy atom. The number of hydrogen-bond donors (Lipinski definition) is 0. The molecule has 0 amide bonds. The molecule has 3 nitrogen and oxygen atoms in total. The van der Waals surface area contributed by atoms with Crippen molar-refractivity contribution in [3.05, 3.63) is 36.8 Å². The summed E-state index contributed by atoms with van der Waals surface area (Å²) < 4.78 is 2.07. The topological polar surface area (TPSA) is 30.7 Å². The van der Waals surface area contributed by atoms with E-state index in [0.717, 1.165) is 30.4 Å². The normalized spacial score (nSPS) is 8.25. The zero-order valence-electron chi connectivity index (χ0n) is 10.5. The summed E-state index contributed by atoms with van der Waals surface area (Å²) in [5, 5.41) is 0. The van der Waals surface area contributed by atoms with Crippen LogP contribution in [0.4, 0.5) is 0 Å². The second-order valence-corrected chi connectivity index (χ2v) is 3.87. The van der Waals surface area contributed by atoms with Crippen molar-refractivity contribution in [2.45, 2.75) is 27.7 Å². The van der Waals surface area contributed by atoms with Crippen LogP contribution < -0.4 is 0 Å². The van der Waals surface area contributed by atoms with Crippen molar-refractivity contribution in [1.82, 2.24) is 13.2 Å². The summed E-state index contributed by atoms with van der Waals surface area (Å²) in [4.78, 5) is 8.44. The molecule has 0 unspecified atom stereocenters. The molecule has 2 rings (SSSR count). The molecule has 0 fully saturated rings. The molecule has 0 saturated carbocycles. The van der Waals surface area contributed by atoms with E-state index < -0.39 is 0 Å². The molecule has 0 spiro atoms. The predicted octanol–water partition coefficient (Wildman–Crippen LogP) is 2.66. The second kappa shape index (κ2) is 9.24. The van der Waals surface area contributed by atoms with Crippen LogP contribution in [0.5, 0.6) is 0 Å². The number of imidazole rings is 1. The van der Waals surface area contributed by atoms with Crippen LogP contribution in [-0.2, 0) is 0 Å². The van der Waals surface area contributed by atoms with Crippen molar-refractivity contribution in [2.75, 3.05) is 0 Å². The summed E-state index contributed by atoms with van der Waals surface area (Å²) in [5.74, 6) is 0.954. The van der Waals surface area contributed by atoms with Crippen LogP contribution in [-0.4, -0.2) is 32.1 Å². The second-order valence-electron chi connectivity index (χ2n) is 2.44. The van der Waals surface area contributed by atoms with Crippen LogP contribution in [0, 0.1) is 0 Å². The molecule has 16 heavy (non-hydrogen) atoms.